The lowest BCUT2D eigenvalue weighted by atomic mass is 9.82. The normalized spacial score (nSPS) is 19.1. The summed E-state index contributed by atoms with van der Waals surface area (Å²) in [6, 6.07) is 38.4. The summed E-state index contributed by atoms with van der Waals surface area (Å²) >= 11 is 0. The van der Waals surface area contributed by atoms with E-state index in [9.17, 15) is 0 Å². The molecule has 144 valence electrons. The van der Waals surface area contributed by atoms with Crippen molar-refractivity contribution in [3.63, 3.8) is 0 Å². The van der Waals surface area contributed by atoms with Gasteiger partial charge >= 0.3 is 0 Å². The molecule has 0 aliphatic carbocycles. The summed E-state index contributed by atoms with van der Waals surface area (Å²) in [6.07, 6.45) is 0. The molecular formula is C27H21N3. The lowest BCUT2D eigenvalue weighted by molar-refractivity contribution is 0.655. The van der Waals surface area contributed by atoms with Crippen molar-refractivity contribution >= 4 is 22.8 Å². The molecule has 3 heteroatoms. The molecular weight excluding hydrogens is 366 g/mol. The van der Waals surface area contributed by atoms with Crippen LogP contribution in [0.3, 0.4) is 0 Å². The summed E-state index contributed by atoms with van der Waals surface area (Å²) < 4.78 is 0. The minimum atomic E-state index is 0.0787. The Morgan fingerprint density at radius 1 is 0.600 bits per heavy atom. The number of para-hydroxylation sites is 3. The van der Waals surface area contributed by atoms with Crippen LogP contribution < -0.4 is 10.3 Å². The summed E-state index contributed by atoms with van der Waals surface area (Å²) in [5, 5.41) is 11.1. The SMILES string of the molecule is c1ccc(C2=NN(c3ccccc3)C3c4ccccc4Nc4ccccc4C23)cc1. The highest BCUT2D eigenvalue weighted by atomic mass is 15.5. The van der Waals surface area contributed by atoms with Crippen LogP contribution in [0.1, 0.15) is 28.7 Å². The van der Waals surface area contributed by atoms with Gasteiger partial charge in [-0.2, -0.15) is 5.10 Å². The fraction of sp³-hybridized carbons (Fsp3) is 0.0741. The van der Waals surface area contributed by atoms with Crippen LogP contribution in [0.4, 0.5) is 17.1 Å². The number of hydrogen-bond donors (Lipinski definition) is 1. The fourth-order valence-corrected chi connectivity index (χ4v) is 4.70. The molecule has 0 fully saturated rings. The maximum Gasteiger partial charge on any atom is 0.0921 e. The van der Waals surface area contributed by atoms with Gasteiger partial charge in [-0.1, -0.05) is 84.9 Å². The lowest BCUT2D eigenvalue weighted by Crippen LogP contribution is -2.24. The van der Waals surface area contributed by atoms with Crippen LogP contribution in [0.5, 0.6) is 0 Å². The van der Waals surface area contributed by atoms with Crippen molar-refractivity contribution in [1.82, 2.24) is 0 Å². The highest BCUT2D eigenvalue weighted by molar-refractivity contribution is 6.09. The minimum Gasteiger partial charge on any atom is -0.355 e. The first kappa shape index (κ1) is 17.0. The summed E-state index contributed by atoms with van der Waals surface area (Å²) in [5.74, 6) is 0.125. The van der Waals surface area contributed by atoms with Crippen LogP contribution >= 0.6 is 0 Å². The van der Waals surface area contributed by atoms with Crippen LogP contribution in [0.25, 0.3) is 0 Å². The Hall–Kier alpha value is -3.85. The number of fused-ring (bicyclic) bond motifs is 5. The van der Waals surface area contributed by atoms with Crippen LogP contribution in [-0.4, -0.2) is 5.71 Å². The zero-order chi connectivity index (χ0) is 19.9. The summed E-state index contributed by atoms with van der Waals surface area (Å²) in [5.41, 5.74) is 8.21. The second-order valence-electron chi connectivity index (χ2n) is 7.75. The van der Waals surface area contributed by atoms with E-state index < -0.39 is 0 Å². The molecule has 30 heavy (non-hydrogen) atoms. The molecule has 1 N–H and O–H groups in total. The molecule has 2 aliphatic rings. The van der Waals surface area contributed by atoms with Gasteiger partial charge in [-0.15, -0.1) is 0 Å². The van der Waals surface area contributed by atoms with Gasteiger partial charge < -0.3 is 5.32 Å². The van der Waals surface area contributed by atoms with Gasteiger partial charge in [0.1, 0.15) is 0 Å². The van der Waals surface area contributed by atoms with Crippen LogP contribution in [0, 0.1) is 0 Å². The molecule has 4 aromatic rings. The van der Waals surface area contributed by atoms with E-state index in [0.717, 1.165) is 22.8 Å². The zero-order valence-electron chi connectivity index (χ0n) is 16.4. The second-order valence-corrected chi connectivity index (χ2v) is 7.75. The van der Waals surface area contributed by atoms with Gasteiger partial charge in [0.05, 0.1) is 23.4 Å². The number of rotatable bonds is 2. The number of hydrogen-bond acceptors (Lipinski definition) is 3. The highest BCUT2D eigenvalue weighted by Crippen LogP contribution is 2.51. The first-order valence-corrected chi connectivity index (χ1v) is 10.3. The van der Waals surface area contributed by atoms with E-state index in [1.807, 2.05) is 0 Å². The predicted octanol–water partition coefficient (Wildman–Crippen LogP) is 6.49. The summed E-state index contributed by atoms with van der Waals surface area (Å²) in [6.45, 7) is 0. The molecule has 0 amide bonds. The Balaban J connectivity index is 1.64. The molecule has 6 rings (SSSR count). The van der Waals surface area contributed by atoms with E-state index in [4.69, 9.17) is 5.10 Å². The van der Waals surface area contributed by atoms with E-state index in [2.05, 4.69) is 120 Å². The molecule has 3 nitrogen and oxygen atoms in total. The number of benzene rings is 4. The van der Waals surface area contributed by atoms with Gasteiger partial charge in [-0.05, 0) is 35.4 Å². The van der Waals surface area contributed by atoms with E-state index >= 15 is 0 Å². The van der Waals surface area contributed by atoms with Gasteiger partial charge in [0.15, 0.2) is 0 Å². The molecule has 0 bridgehead atoms. The quantitative estimate of drug-likeness (QED) is 0.425. The van der Waals surface area contributed by atoms with Crippen molar-refractivity contribution in [2.24, 2.45) is 5.10 Å². The van der Waals surface area contributed by atoms with E-state index in [1.165, 1.54) is 16.7 Å². The standard InChI is InChI=1S/C27H21N3/c1-3-11-19(12-4-1)26-25-21-15-7-9-17-23(21)28-24-18-10-8-16-22(24)27(25)30(29-26)20-13-5-2-6-14-20/h1-18,25,27-28H. The van der Waals surface area contributed by atoms with E-state index in [0.29, 0.717) is 0 Å². The first-order valence-electron chi connectivity index (χ1n) is 10.3. The average molecular weight is 387 g/mol. The van der Waals surface area contributed by atoms with E-state index in [-0.39, 0.29) is 12.0 Å². The molecule has 0 aromatic heterocycles. The second kappa shape index (κ2) is 6.89. The smallest absolute Gasteiger partial charge is 0.0921 e. The molecule has 2 heterocycles. The van der Waals surface area contributed by atoms with Crippen molar-refractivity contribution in [3.05, 3.63) is 126 Å². The van der Waals surface area contributed by atoms with Crippen molar-refractivity contribution in [2.75, 3.05) is 10.3 Å². The molecule has 0 saturated carbocycles. The monoisotopic (exact) mass is 387 g/mol. The molecule has 2 aliphatic heterocycles. The zero-order valence-corrected chi connectivity index (χ0v) is 16.4. The number of nitrogens with one attached hydrogen (secondary N) is 1. The largest absolute Gasteiger partial charge is 0.355 e. The van der Waals surface area contributed by atoms with Crippen molar-refractivity contribution in [2.45, 2.75) is 12.0 Å². The van der Waals surface area contributed by atoms with Gasteiger partial charge in [0.25, 0.3) is 0 Å². The first-order chi connectivity index (χ1) is 14.9. The lowest BCUT2D eigenvalue weighted by Gasteiger charge is -2.28. The number of anilines is 3. The Labute approximate surface area is 176 Å². The van der Waals surface area contributed by atoms with Crippen LogP contribution in [-0.2, 0) is 0 Å². The Morgan fingerprint density at radius 2 is 1.17 bits per heavy atom. The third-order valence-corrected chi connectivity index (χ3v) is 6.02. The van der Waals surface area contributed by atoms with Crippen molar-refractivity contribution in [3.8, 4) is 0 Å². The topological polar surface area (TPSA) is 27.6 Å². The Kier molecular flexibility index (Phi) is 3.91. The molecule has 2 atom stereocenters. The molecule has 0 radical (unpaired) electrons. The summed E-state index contributed by atoms with van der Waals surface area (Å²) in [4.78, 5) is 0. The van der Waals surface area contributed by atoms with Crippen LogP contribution in [0.15, 0.2) is 114 Å². The van der Waals surface area contributed by atoms with Gasteiger partial charge in [0.2, 0.25) is 0 Å². The Bertz CT molecular complexity index is 1230. The minimum absolute atomic E-state index is 0.0787. The molecule has 0 saturated heterocycles. The maximum atomic E-state index is 5.23. The fourth-order valence-electron chi connectivity index (χ4n) is 4.70. The molecule has 0 spiro atoms. The van der Waals surface area contributed by atoms with Gasteiger partial charge in [-0.3, -0.25) is 5.01 Å². The van der Waals surface area contributed by atoms with Crippen molar-refractivity contribution < 1.29 is 0 Å². The summed E-state index contributed by atoms with van der Waals surface area (Å²) in [7, 11) is 0. The van der Waals surface area contributed by atoms with Gasteiger partial charge in [-0.25, -0.2) is 0 Å². The number of nitrogens with zero attached hydrogens (tertiary/aromatic N) is 2. The molecule has 4 aromatic carbocycles. The van der Waals surface area contributed by atoms with Crippen molar-refractivity contribution in [1.29, 1.82) is 0 Å². The highest BCUT2D eigenvalue weighted by Gasteiger charge is 2.43. The van der Waals surface area contributed by atoms with Crippen LogP contribution in [0.2, 0.25) is 0 Å². The maximum absolute atomic E-state index is 5.23. The molecule has 2 unspecified atom stereocenters. The third kappa shape index (κ3) is 2.63. The third-order valence-electron chi connectivity index (χ3n) is 6.02. The number of hydrazone groups is 1. The Morgan fingerprint density at radius 3 is 1.90 bits per heavy atom. The van der Waals surface area contributed by atoms with E-state index in [1.54, 1.807) is 0 Å². The average Bonchev–Trinajstić information content (AvgIpc) is 3.14. The predicted molar refractivity (Wildman–Crippen MR) is 124 cm³/mol. The van der Waals surface area contributed by atoms with Gasteiger partial charge in [0, 0.05) is 16.9 Å².